The molecule has 0 saturated heterocycles. The van der Waals surface area contributed by atoms with Crippen molar-refractivity contribution in [2.75, 3.05) is 0 Å². The molecule has 1 aliphatic heterocycles. The molecule has 4 heteroatoms. The van der Waals surface area contributed by atoms with Gasteiger partial charge in [-0.3, -0.25) is 0 Å². The highest BCUT2D eigenvalue weighted by molar-refractivity contribution is 7.26. The number of fused-ring (bicyclic) bond motifs is 6. The Balaban J connectivity index is 1.14. The van der Waals surface area contributed by atoms with E-state index in [-0.39, 0.29) is 5.41 Å². The van der Waals surface area contributed by atoms with E-state index < -0.39 is 6.17 Å². The minimum atomic E-state index is -0.427. The van der Waals surface area contributed by atoms with Gasteiger partial charge in [0, 0.05) is 42.3 Å². The lowest BCUT2D eigenvalue weighted by atomic mass is 9.82. The molecule has 0 spiro atoms. The fourth-order valence-electron chi connectivity index (χ4n) is 8.23. The van der Waals surface area contributed by atoms with Gasteiger partial charge < -0.3 is 5.32 Å². The van der Waals surface area contributed by atoms with Crippen molar-refractivity contribution in [2.24, 2.45) is 9.98 Å². The van der Waals surface area contributed by atoms with Crippen LogP contribution in [0.2, 0.25) is 0 Å². The van der Waals surface area contributed by atoms with Gasteiger partial charge in [0.1, 0.15) is 11.7 Å². The molecular formula is C48H35N3S. The van der Waals surface area contributed by atoms with Crippen molar-refractivity contribution in [1.82, 2.24) is 5.32 Å². The Morgan fingerprint density at radius 2 is 1.12 bits per heavy atom. The molecule has 0 saturated carbocycles. The third-order valence-corrected chi connectivity index (χ3v) is 12.0. The fourth-order valence-corrected chi connectivity index (χ4v) is 9.47. The minimum Gasteiger partial charge on any atom is -0.324 e. The molecule has 0 radical (unpaired) electrons. The highest BCUT2D eigenvalue weighted by atomic mass is 32.1. The molecular weight excluding hydrogens is 651 g/mol. The lowest BCUT2D eigenvalue weighted by Crippen LogP contribution is -2.36. The molecule has 52 heavy (non-hydrogen) atoms. The van der Waals surface area contributed by atoms with Gasteiger partial charge >= 0.3 is 0 Å². The number of aliphatic imine (C=N–C) groups is 2. The predicted octanol–water partition coefficient (Wildman–Crippen LogP) is 12.2. The van der Waals surface area contributed by atoms with Crippen molar-refractivity contribution in [3.8, 4) is 33.4 Å². The van der Waals surface area contributed by atoms with Crippen LogP contribution >= 0.6 is 11.3 Å². The van der Waals surface area contributed by atoms with Crippen LogP contribution < -0.4 is 5.32 Å². The molecule has 248 valence electrons. The van der Waals surface area contributed by atoms with Crippen molar-refractivity contribution < 1.29 is 0 Å². The molecule has 1 atom stereocenters. The van der Waals surface area contributed by atoms with E-state index in [2.05, 4.69) is 183 Å². The number of rotatable bonds is 5. The van der Waals surface area contributed by atoms with Crippen LogP contribution in [0.3, 0.4) is 0 Å². The van der Waals surface area contributed by atoms with Gasteiger partial charge in [-0.15, -0.1) is 11.3 Å². The normalized spacial score (nSPS) is 15.8. The van der Waals surface area contributed by atoms with Crippen LogP contribution in [-0.4, -0.2) is 11.7 Å². The molecule has 7 aromatic carbocycles. The van der Waals surface area contributed by atoms with E-state index >= 15 is 0 Å². The molecule has 2 heterocycles. The predicted molar refractivity (Wildman–Crippen MR) is 220 cm³/mol. The third-order valence-electron chi connectivity index (χ3n) is 10.8. The summed E-state index contributed by atoms with van der Waals surface area (Å²) in [6.45, 7) is 4.67. The molecule has 1 aliphatic carbocycles. The second-order valence-corrected chi connectivity index (χ2v) is 15.2. The summed E-state index contributed by atoms with van der Waals surface area (Å²) in [5, 5.41) is 6.25. The first-order valence-electron chi connectivity index (χ1n) is 17.9. The summed E-state index contributed by atoms with van der Waals surface area (Å²) in [5.41, 5.74) is 13.2. The Morgan fingerprint density at radius 1 is 0.500 bits per heavy atom. The zero-order valence-electron chi connectivity index (χ0n) is 29.0. The average molecular weight is 686 g/mol. The van der Waals surface area contributed by atoms with Gasteiger partial charge in [-0.05, 0) is 56.6 Å². The Morgan fingerprint density at radius 3 is 2.00 bits per heavy atom. The van der Waals surface area contributed by atoms with E-state index in [1.807, 2.05) is 11.3 Å². The van der Waals surface area contributed by atoms with Gasteiger partial charge in [0.15, 0.2) is 6.17 Å². The lowest BCUT2D eigenvalue weighted by Gasteiger charge is -2.24. The number of amidine groups is 2. The van der Waals surface area contributed by atoms with Gasteiger partial charge in [0.05, 0.1) is 0 Å². The fraction of sp³-hybridized carbons (Fsp3) is 0.0833. The van der Waals surface area contributed by atoms with Gasteiger partial charge in [0.2, 0.25) is 0 Å². The summed E-state index contributed by atoms with van der Waals surface area (Å²) < 4.78 is 2.50. The van der Waals surface area contributed by atoms with E-state index in [1.54, 1.807) is 0 Å². The lowest BCUT2D eigenvalue weighted by molar-refractivity contribution is 0.660. The molecule has 1 N–H and O–H groups in total. The topological polar surface area (TPSA) is 36.8 Å². The SMILES string of the molecule is CC1(C)c2ccccc2-c2c(-c3cccc(C4=NC(c5cccc6c5sc5ccccc56)N=C(c5ccccc5-c5ccccc5)N4)c3)cccc21. The van der Waals surface area contributed by atoms with Crippen molar-refractivity contribution in [1.29, 1.82) is 0 Å². The Labute approximate surface area is 307 Å². The van der Waals surface area contributed by atoms with Gasteiger partial charge in [0.25, 0.3) is 0 Å². The van der Waals surface area contributed by atoms with Crippen LogP contribution in [0, 0.1) is 0 Å². The van der Waals surface area contributed by atoms with Crippen LogP contribution in [0.5, 0.6) is 0 Å². The molecule has 0 bridgehead atoms. The highest BCUT2D eigenvalue weighted by Crippen LogP contribution is 2.52. The number of hydrogen-bond donors (Lipinski definition) is 1. The summed E-state index contributed by atoms with van der Waals surface area (Å²) in [5.74, 6) is 1.63. The summed E-state index contributed by atoms with van der Waals surface area (Å²) in [6.07, 6.45) is -0.427. The number of benzene rings is 7. The summed E-state index contributed by atoms with van der Waals surface area (Å²) in [4.78, 5) is 10.8. The van der Waals surface area contributed by atoms with Gasteiger partial charge in [-0.2, -0.15) is 0 Å². The molecule has 1 unspecified atom stereocenters. The summed E-state index contributed by atoms with van der Waals surface area (Å²) >= 11 is 1.82. The van der Waals surface area contributed by atoms with E-state index in [9.17, 15) is 0 Å². The molecule has 1 aromatic heterocycles. The molecule has 0 fully saturated rings. The molecule has 8 aromatic rings. The van der Waals surface area contributed by atoms with Crippen molar-refractivity contribution in [3.05, 3.63) is 192 Å². The summed E-state index contributed by atoms with van der Waals surface area (Å²) in [7, 11) is 0. The largest absolute Gasteiger partial charge is 0.324 e. The number of nitrogens with one attached hydrogen (secondary N) is 1. The standard InChI is InChI=1S/C48H35N3S/c1-48(2)40-26-10-8-22-38(40)43-34(23-14-27-41(43)48)31-17-12-18-32(29-31)45-49-46(37-21-7-6-19-33(37)30-15-4-3-5-16-30)51-47(50-45)39-25-13-24-36-35-20-9-11-28-42(35)52-44(36)39/h3-29,47H,1-2H3,(H,49,50,51). The maximum Gasteiger partial charge on any atom is 0.171 e. The zero-order chi connectivity index (χ0) is 34.8. The number of hydrogen-bond acceptors (Lipinski definition) is 4. The Bertz CT molecular complexity index is 2750. The van der Waals surface area contributed by atoms with Crippen LogP contribution in [0.15, 0.2) is 174 Å². The van der Waals surface area contributed by atoms with Crippen LogP contribution in [0.4, 0.5) is 0 Å². The molecule has 10 rings (SSSR count). The molecule has 3 nitrogen and oxygen atoms in total. The van der Waals surface area contributed by atoms with Gasteiger partial charge in [-0.25, -0.2) is 9.98 Å². The van der Waals surface area contributed by atoms with Crippen LogP contribution in [-0.2, 0) is 5.41 Å². The van der Waals surface area contributed by atoms with E-state index in [4.69, 9.17) is 9.98 Å². The van der Waals surface area contributed by atoms with Crippen molar-refractivity contribution in [3.63, 3.8) is 0 Å². The third kappa shape index (κ3) is 4.86. The highest BCUT2D eigenvalue weighted by Gasteiger charge is 2.36. The average Bonchev–Trinajstić information content (AvgIpc) is 3.70. The number of nitrogens with zero attached hydrogens (tertiary/aromatic N) is 2. The summed E-state index contributed by atoms with van der Waals surface area (Å²) in [6, 6.07) is 58.8. The number of thiophene rings is 1. The minimum absolute atomic E-state index is 0.0626. The first-order valence-corrected chi connectivity index (χ1v) is 18.7. The first kappa shape index (κ1) is 30.7. The van der Waals surface area contributed by atoms with Crippen LogP contribution in [0.1, 0.15) is 47.8 Å². The van der Waals surface area contributed by atoms with Gasteiger partial charge in [-0.1, -0.05) is 166 Å². The first-order chi connectivity index (χ1) is 25.5. The monoisotopic (exact) mass is 685 g/mol. The van der Waals surface area contributed by atoms with E-state index in [1.165, 1.54) is 53.6 Å². The molecule has 2 aliphatic rings. The maximum absolute atomic E-state index is 5.41. The van der Waals surface area contributed by atoms with E-state index in [0.717, 1.165) is 39.5 Å². The van der Waals surface area contributed by atoms with Crippen LogP contribution in [0.25, 0.3) is 53.6 Å². The maximum atomic E-state index is 5.41. The van der Waals surface area contributed by atoms with E-state index in [0.29, 0.717) is 0 Å². The Hall–Kier alpha value is -6.10. The molecule has 0 amide bonds. The van der Waals surface area contributed by atoms with Crippen molar-refractivity contribution >= 4 is 43.2 Å². The zero-order valence-corrected chi connectivity index (χ0v) is 29.8. The Kier molecular flexibility index (Phi) is 7.09. The smallest absolute Gasteiger partial charge is 0.171 e. The quantitative estimate of drug-likeness (QED) is 0.192. The second-order valence-electron chi connectivity index (χ2n) is 14.2. The second kappa shape index (κ2) is 12.0. The van der Waals surface area contributed by atoms with Crippen molar-refractivity contribution in [2.45, 2.75) is 25.4 Å².